The molecule has 0 aliphatic heterocycles. The molecule has 0 unspecified atom stereocenters. The number of hydrogen-bond acceptors (Lipinski definition) is 4. The molecular formula is C18H14ClN5O3. The predicted molar refractivity (Wildman–Crippen MR) is 102 cm³/mol. The Kier molecular flexibility index (Phi) is 3.97. The van der Waals surface area contributed by atoms with Gasteiger partial charge in [0.25, 0.3) is 0 Å². The monoisotopic (exact) mass is 383 g/mol. The molecule has 3 N–H and O–H groups in total. The van der Waals surface area contributed by atoms with Gasteiger partial charge in [-0.2, -0.15) is 0 Å². The first-order chi connectivity index (χ1) is 13.0. The molecule has 2 aromatic heterocycles. The van der Waals surface area contributed by atoms with E-state index in [2.05, 4.69) is 15.5 Å². The summed E-state index contributed by atoms with van der Waals surface area (Å²) < 4.78 is 3.36. The molecule has 0 aliphatic rings. The van der Waals surface area contributed by atoms with Crippen molar-refractivity contribution in [2.45, 2.75) is 0 Å². The Bertz CT molecular complexity index is 1180. The number of aryl methyl sites for hydroxylation is 1. The molecular weight excluding hydrogens is 370 g/mol. The van der Waals surface area contributed by atoms with Crippen LogP contribution >= 0.6 is 11.6 Å². The van der Waals surface area contributed by atoms with E-state index in [1.54, 1.807) is 34.9 Å². The highest BCUT2D eigenvalue weighted by molar-refractivity contribution is 6.31. The number of halogens is 1. The average Bonchev–Trinajstić information content (AvgIpc) is 3.16. The highest BCUT2D eigenvalue weighted by atomic mass is 35.5. The van der Waals surface area contributed by atoms with Crippen LogP contribution in [0.4, 0.5) is 10.7 Å². The van der Waals surface area contributed by atoms with Gasteiger partial charge in [-0.3, -0.25) is 9.88 Å². The second kappa shape index (κ2) is 6.33. The standard InChI is InChI=1S/C18H14ClN5O3/c1-23-12-6-4-7-13(11(12)9-15(23)19)24-16(10-5-2-3-8-14(10)25)21-22-17(24)20-18(26)27/h2-9,25H,1H3,(H,20,22)(H,26,27). The Hall–Kier alpha value is -3.52. The predicted octanol–water partition coefficient (Wildman–Crippen LogP) is 3.87. The molecule has 27 heavy (non-hydrogen) atoms. The van der Waals surface area contributed by atoms with Gasteiger partial charge in [0.1, 0.15) is 10.9 Å². The van der Waals surface area contributed by atoms with Crippen LogP contribution < -0.4 is 5.32 Å². The SMILES string of the molecule is Cn1c(Cl)cc2c(-n3c(NC(=O)O)nnc3-c3ccccc3O)cccc21. The quantitative estimate of drug-likeness (QED) is 0.498. The number of carbonyl (C=O) groups is 1. The lowest BCUT2D eigenvalue weighted by Gasteiger charge is -2.12. The number of carboxylic acid groups (broad SMARTS) is 1. The Morgan fingerprint density at radius 3 is 2.67 bits per heavy atom. The van der Waals surface area contributed by atoms with Crippen molar-refractivity contribution in [2.75, 3.05) is 5.32 Å². The Balaban J connectivity index is 2.05. The largest absolute Gasteiger partial charge is 0.507 e. The van der Waals surface area contributed by atoms with Crippen LogP contribution in [-0.2, 0) is 7.05 Å². The molecule has 2 heterocycles. The maximum atomic E-state index is 11.2. The highest BCUT2D eigenvalue weighted by Crippen LogP contribution is 2.35. The number of rotatable bonds is 3. The van der Waals surface area contributed by atoms with Crippen molar-refractivity contribution >= 4 is 34.5 Å². The van der Waals surface area contributed by atoms with Crippen molar-refractivity contribution < 1.29 is 15.0 Å². The van der Waals surface area contributed by atoms with Gasteiger partial charge in [-0.15, -0.1) is 10.2 Å². The van der Waals surface area contributed by atoms with E-state index < -0.39 is 6.09 Å². The van der Waals surface area contributed by atoms with E-state index in [-0.39, 0.29) is 11.7 Å². The van der Waals surface area contributed by atoms with Crippen LogP contribution in [0.2, 0.25) is 5.15 Å². The van der Waals surface area contributed by atoms with Crippen molar-refractivity contribution in [3.8, 4) is 22.8 Å². The molecule has 4 rings (SSSR count). The van der Waals surface area contributed by atoms with Gasteiger partial charge in [-0.05, 0) is 30.3 Å². The summed E-state index contributed by atoms with van der Waals surface area (Å²) in [6, 6.07) is 14.0. The maximum Gasteiger partial charge on any atom is 0.411 e. The lowest BCUT2D eigenvalue weighted by molar-refractivity contribution is 0.209. The average molecular weight is 384 g/mol. The highest BCUT2D eigenvalue weighted by Gasteiger charge is 2.21. The number of fused-ring (bicyclic) bond motifs is 1. The fourth-order valence-corrected chi connectivity index (χ4v) is 3.23. The van der Waals surface area contributed by atoms with E-state index in [0.717, 1.165) is 10.9 Å². The maximum absolute atomic E-state index is 11.2. The minimum atomic E-state index is -1.27. The van der Waals surface area contributed by atoms with Gasteiger partial charge in [0, 0.05) is 12.4 Å². The summed E-state index contributed by atoms with van der Waals surface area (Å²) >= 11 is 6.26. The molecule has 0 fully saturated rings. The molecule has 1 amide bonds. The fraction of sp³-hybridized carbons (Fsp3) is 0.0556. The minimum absolute atomic E-state index is 0.00583. The third-order valence-corrected chi connectivity index (χ3v) is 4.64. The van der Waals surface area contributed by atoms with Gasteiger partial charge in [0.15, 0.2) is 5.82 Å². The Morgan fingerprint density at radius 1 is 1.15 bits per heavy atom. The first-order valence-corrected chi connectivity index (χ1v) is 8.33. The summed E-state index contributed by atoms with van der Waals surface area (Å²) in [6.07, 6.45) is -1.27. The molecule has 4 aromatic rings. The lowest BCUT2D eigenvalue weighted by Crippen LogP contribution is -2.13. The Morgan fingerprint density at radius 2 is 1.93 bits per heavy atom. The van der Waals surface area contributed by atoms with E-state index in [1.165, 1.54) is 6.07 Å². The van der Waals surface area contributed by atoms with Gasteiger partial charge in [-0.25, -0.2) is 4.79 Å². The third kappa shape index (κ3) is 2.76. The molecule has 0 radical (unpaired) electrons. The second-order valence-electron chi connectivity index (χ2n) is 5.87. The van der Waals surface area contributed by atoms with E-state index in [9.17, 15) is 9.90 Å². The van der Waals surface area contributed by atoms with Gasteiger partial charge >= 0.3 is 6.09 Å². The van der Waals surface area contributed by atoms with Crippen LogP contribution in [0.1, 0.15) is 0 Å². The molecule has 8 nitrogen and oxygen atoms in total. The summed E-state index contributed by atoms with van der Waals surface area (Å²) in [5.41, 5.74) is 1.90. The number of aromatic nitrogens is 4. The Labute approximate surface area is 158 Å². The summed E-state index contributed by atoms with van der Waals surface area (Å²) in [4.78, 5) is 11.2. The van der Waals surface area contributed by atoms with Gasteiger partial charge in [0.05, 0.1) is 16.8 Å². The van der Waals surface area contributed by atoms with Crippen LogP contribution in [0.5, 0.6) is 5.75 Å². The van der Waals surface area contributed by atoms with Crippen molar-refractivity contribution in [3.63, 3.8) is 0 Å². The first-order valence-electron chi connectivity index (χ1n) is 7.95. The van der Waals surface area contributed by atoms with Crippen LogP contribution in [0.25, 0.3) is 28.0 Å². The number of nitrogens with zero attached hydrogens (tertiary/aromatic N) is 4. The lowest BCUT2D eigenvalue weighted by atomic mass is 10.1. The zero-order valence-corrected chi connectivity index (χ0v) is 14.8. The molecule has 136 valence electrons. The number of para-hydroxylation sites is 1. The number of phenolic OH excluding ortho intramolecular Hbond substituents is 1. The number of hydrogen-bond donors (Lipinski definition) is 3. The second-order valence-corrected chi connectivity index (χ2v) is 6.25. The van der Waals surface area contributed by atoms with E-state index >= 15 is 0 Å². The van der Waals surface area contributed by atoms with Gasteiger partial charge < -0.3 is 14.8 Å². The van der Waals surface area contributed by atoms with Crippen molar-refractivity contribution in [1.82, 2.24) is 19.3 Å². The number of aromatic hydroxyl groups is 1. The van der Waals surface area contributed by atoms with Crippen molar-refractivity contribution in [3.05, 3.63) is 53.7 Å². The molecule has 0 atom stereocenters. The van der Waals surface area contributed by atoms with Crippen LogP contribution in [-0.4, -0.2) is 35.6 Å². The number of nitrogens with one attached hydrogen (secondary N) is 1. The molecule has 9 heteroatoms. The molecule has 0 saturated carbocycles. The van der Waals surface area contributed by atoms with Crippen molar-refractivity contribution in [2.24, 2.45) is 7.05 Å². The number of amides is 1. The number of phenols is 1. The summed E-state index contributed by atoms with van der Waals surface area (Å²) in [5.74, 6) is 0.309. The van der Waals surface area contributed by atoms with Crippen molar-refractivity contribution in [1.29, 1.82) is 0 Å². The van der Waals surface area contributed by atoms with Gasteiger partial charge in [-0.1, -0.05) is 29.8 Å². The molecule has 0 bridgehead atoms. The molecule has 0 spiro atoms. The number of anilines is 1. The van der Waals surface area contributed by atoms with Crippen LogP contribution in [0.3, 0.4) is 0 Å². The van der Waals surface area contributed by atoms with E-state index in [4.69, 9.17) is 16.7 Å². The zero-order chi connectivity index (χ0) is 19.1. The minimum Gasteiger partial charge on any atom is -0.507 e. The third-order valence-electron chi connectivity index (χ3n) is 4.27. The van der Waals surface area contributed by atoms with Gasteiger partial charge in [0.2, 0.25) is 5.95 Å². The zero-order valence-electron chi connectivity index (χ0n) is 14.1. The summed E-state index contributed by atoms with van der Waals surface area (Å²) in [5, 5.41) is 31.0. The summed E-state index contributed by atoms with van der Waals surface area (Å²) in [7, 11) is 1.83. The number of benzene rings is 2. The van der Waals surface area contributed by atoms with E-state index in [0.29, 0.717) is 22.2 Å². The molecule has 0 aliphatic carbocycles. The fourth-order valence-electron chi connectivity index (χ4n) is 3.03. The topological polar surface area (TPSA) is 105 Å². The molecule has 2 aromatic carbocycles. The van der Waals surface area contributed by atoms with Crippen LogP contribution in [0.15, 0.2) is 48.5 Å². The normalized spacial score (nSPS) is 11.0. The summed E-state index contributed by atoms with van der Waals surface area (Å²) in [6.45, 7) is 0. The van der Waals surface area contributed by atoms with Crippen LogP contribution in [0, 0.1) is 0 Å². The molecule has 0 saturated heterocycles. The first kappa shape index (κ1) is 16.9. The smallest absolute Gasteiger partial charge is 0.411 e. The van der Waals surface area contributed by atoms with E-state index in [1.807, 2.05) is 23.7 Å².